The molecule has 0 unspecified atom stereocenters. The molecule has 1 aliphatic rings. The summed E-state index contributed by atoms with van der Waals surface area (Å²) in [5.74, 6) is -1.42. The molecule has 0 aliphatic heterocycles. The second-order valence-electron chi connectivity index (χ2n) is 4.95. The molecule has 0 saturated heterocycles. The van der Waals surface area contributed by atoms with Crippen LogP contribution in [0.2, 0.25) is 5.02 Å². The van der Waals surface area contributed by atoms with E-state index in [-0.39, 0.29) is 29.7 Å². The molecule has 1 amide bonds. The van der Waals surface area contributed by atoms with Crippen molar-refractivity contribution in [2.24, 2.45) is 5.92 Å². The van der Waals surface area contributed by atoms with Crippen molar-refractivity contribution in [3.8, 4) is 0 Å². The fourth-order valence-electron chi connectivity index (χ4n) is 1.74. The van der Waals surface area contributed by atoms with Gasteiger partial charge in [-0.25, -0.2) is 0 Å². The highest BCUT2D eigenvalue weighted by molar-refractivity contribution is 6.50. The molecular formula is C13H11Cl3N2O5. The topological polar surface area (TPSA) is 98.5 Å². The third-order valence-corrected chi connectivity index (χ3v) is 4.44. The zero-order valence-electron chi connectivity index (χ0n) is 11.6. The third-order valence-electron chi connectivity index (χ3n) is 3.20. The number of amides is 1. The van der Waals surface area contributed by atoms with Crippen LogP contribution in [0.3, 0.4) is 0 Å². The largest absolute Gasteiger partial charge is 0.464 e. The Bertz CT molecular complexity index is 665. The Morgan fingerprint density at radius 2 is 2.09 bits per heavy atom. The molecule has 10 heteroatoms. The van der Waals surface area contributed by atoms with Gasteiger partial charge in [-0.2, -0.15) is 0 Å². The molecule has 1 atom stereocenters. The number of alkyl halides is 2. The molecule has 2 rings (SSSR count). The van der Waals surface area contributed by atoms with Crippen LogP contribution in [-0.4, -0.2) is 34.3 Å². The van der Waals surface area contributed by atoms with Crippen LogP contribution < -0.4 is 5.32 Å². The Kier molecular flexibility index (Phi) is 5.33. The molecule has 1 aromatic carbocycles. The van der Waals surface area contributed by atoms with E-state index in [0.717, 1.165) is 6.07 Å². The van der Waals surface area contributed by atoms with Gasteiger partial charge in [0.1, 0.15) is 15.9 Å². The number of hydrogen-bond donors (Lipinski definition) is 1. The van der Waals surface area contributed by atoms with Crippen LogP contribution in [-0.2, 0) is 9.53 Å². The highest BCUT2D eigenvalue weighted by atomic mass is 35.5. The average Bonchev–Trinajstić information content (AvgIpc) is 3.10. The van der Waals surface area contributed by atoms with E-state index in [0.29, 0.717) is 6.42 Å². The molecule has 1 aliphatic carbocycles. The second-order valence-corrected chi connectivity index (χ2v) is 6.90. The normalized spacial score (nSPS) is 18.1. The maximum Gasteiger partial charge on any atom is 0.325 e. The molecule has 7 nitrogen and oxygen atoms in total. The van der Waals surface area contributed by atoms with E-state index in [9.17, 15) is 19.7 Å². The first-order chi connectivity index (χ1) is 10.7. The van der Waals surface area contributed by atoms with Gasteiger partial charge in [0.2, 0.25) is 0 Å². The van der Waals surface area contributed by atoms with Gasteiger partial charge >= 0.3 is 5.97 Å². The highest BCUT2D eigenvalue weighted by Crippen LogP contribution is 2.53. The van der Waals surface area contributed by atoms with E-state index in [2.05, 4.69) is 5.32 Å². The van der Waals surface area contributed by atoms with Crippen molar-refractivity contribution in [1.29, 1.82) is 0 Å². The molecule has 0 aromatic heterocycles. The predicted octanol–water partition coefficient (Wildman–Crippen LogP) is 2.72. The van der Waals surface area contributed by atoms with Gasteiger partial charge in [-0.3, -0.25) is 19.7 Å². The molecule has 1 N–H and O–H groups in total. The first-order valence-electron chi connectivity index (χ1n) is 6.46. The lowest BCUT2D eigenvalue weighted by Gasteiger charge is -2.07. The number of hydrogen-bond acceptors (Lipinski definition) is 5. The van der Waals surface area contributed by atoms with E-state index in [4.69, 9.17) is 39.5 Å². The van der Waals surface area contributed by atoms with Crippen molar-refractivity contribution < 1.29 is 19.2 Å². The number of halogens is 3. The van der Waals surface area contributed by atoms with Gasteiger partial charge in [0.25, 0.3) is 11.6 Å². The van der Waals surface area contributed by atoms with Crippen LogP contribution in [0.25, 0.3) is 0 Å². The van der Waals surface area contributed by atoms with Crippen LogP contribution in [0.5, 0.6) is 0 Å². The number of rotatable bonds is 6. The lowest BCUT2D eigenvalue weighted by Crippen LogP contribution is -2.31. The number of nitro benzene ring substituents is 1. The SMILES string of the molecule is O=C(CNC(=O)c1ccc(Cl)c([N+](=O)[O-])c1)OC[C@@H]1CC1(Cl)Cl. The summed E-state index contributed by atoms with van der Waals surface area (Å²) >= 11 is 17.2. The summed E-state index contributed by atoms with van der Waals surface area (Å²) in [6.07, 6.45) is 0.546. The van der Waals surface area contributed by atoms with Gasteiger partial charge in [0.05, 0.1) is 11.5 Å². The molecular weight excluding hydrogens is 371 g/mol. The number of nitrogens with one attached hydrogen (secondary N) is 1. The van der Waals surface area contributed by atoms with Gasteiger partial charge in [0, 0.05) is 17.5 Å². The Labute approximate surface area is 146 Å². The van der Waals surface area contributed by atoms with Gasteiger partial charge in [-0.1, -0.05) is 11.6 Å². The number of carbonyl (C=O) groups excluding carboxylic acids is 2. The van der Waals surface area contributed by atoms with Gasteiger partial charge in [0.15, 0.2) is 0 Å². The van der Waals surface area contributed by atoms with Crippen molar-refractivity contribution in [3.05, 3.63) is 38.9 Å². The van der Waals surface area contributed by atoms with Crippen LogP contribution in [0.1, 0.15) is 16.8 Å². The van der Waals surface area contributed by atoms with Crippen LogP contribution in [0.15, 0.2) is 18.2 Å². The highest BCUT2D eigenvalue weighted by Gasteiger charge is 2.52. The maximum absolute atomic E-state index is 11.9. The first-order valence-corrected chi connectivity index (χ1v) is 7.59. The van der Waals surface area contributed by atoms with Crippen LogP contribution in [0, 0.1) is 16.0 Å². The summed E-state index contributed by atoms with van der Waals surface area (Å²) in [7, 11) is 0. The number of benzene rings is 1. The fraction of sp³-hybridized carbons (Fsp3) is 0.385. The molecule has 0 spiro atoms. The molecule has 0 radical (unpaired) electrons. The minimum atomic E-state index is -0.841. The van der Waals surface area contributed by atoms with E-state index in [1.54, 1.807) is 0 Å². The third kappa shape index (κ3) is 4.70. The zero-order chi connectivity index (χ0) is 17.2. The van der Waals surface area contributed by atoms with Crippen molar-refractivity contribution >= 4 is 52.4 Å². The zero-order valence-corrected chi connectivity index (χ0v) is 13.8. The Hall–Kier alpha value is -1.57. The van der Waals surface area contributed by atoms with E-state index >= 15 is 0 Å². The number of ether oxygens (including phenoxy) is 1. The summed E-state index contributed by atoms with van der Waals surface area (Å²) in [6.45, 7) is -0.298. The number of esters is 1. The van der Waals surface area contributed by atoms with Crippen molar-refractivity contribution in [2.75, 3.05) is 13.2 Å². The summed E-state index contributed by atoms with van der Waals surface area (Å²) < 4.78 is 4.08. The number of carbonyl (C=O) groups is 2. The average molecular weight is 382 g/mol. The molecule has 0 bridgehead atoms. The fourth-order valence-corrected chi connectivity index (χ4v) is 2.43. The van der Waals surface area contributed by atoms with Gasteiger partial charge in [-0.15, -0.1) is 23.2 Å². The molecule has 1 saturated carbocycles. The number of nitrogens with zero attached hydrogens (tertiary/aromatic N) is 1. The molecule has 0 heterocycles. The van der Waals surface area contributed by atoms with Crippen LogP contribution >= 0.6 is 34.8 Å². The summed E-state index contributed by atoms with van der Waals surface area (Å²) in [6, 6.07) is 3.58. The molecule has 1 fully saturated rings. The second kappa shape index (κ2) is 6.90. The maximum atomic E-state index is 11.9. The smallest absolute Gasteiger partial charge is 0.325 e. The molecule has 1 aromatic rings. The minimum absolute atomic E-state index is 0.0108. The van der Waals surface area contributed by atoms with E-state index in [1.807, 2.05) is 0 Å². The summed E-state index contributed by atoms with van der Waals surface area (Å²) in [4.78, 5) is 33.4. The monoisotopic (exact) mass is 380 g/mol. The summed E-state index contributed by atoms with van der Waals surface area (Å²) in [5.41, 5.74) is -0.382. The minimum Gasteiger partial charge on any atom is -0.464 e. The Balaban J connectivity index is 1.83. The van der Waals surface area contributed by atoms with E-state index in [1.165, 1.54) is 12.1 Å². The molecule has 124 valence electrons. The van der Waals surface area contributed by atoms with Crippen molar-refractivity contribution in [2.45, 2.75) is 10.8 Å². The van der Waals surface area contributed by atoms with Gasteiger partial charge < -0.3 is 10.1 Å². The lowest BCUT2D eigenvalue weighted by molar-refractivity contribution is -0.384. The predicted molar refractivity (Wildman–Crippen MR) is 83.9 cm³/mol. The Morgan fingerprint density at radius 1 is 1.43 bits per heavy atom. The van der Waals surface area contributed by atoms with Crippen molar-refractivity contribution in [3.63, 3.8) is 0 Å². The van der Waals surface area contributed by atoms with E-state index < -0.39 is 26.8 Å². The quantitative estimate of drug-likeness (QED) is 0.353. The summed E-state index contributed by atoms with van der Waals surface area (Å²) in [5, 5.41) is 13.0. The standard InChI is InChI=1S/C13H11Cl3N2O5/c14-9-2-1-7(3-10(9)18(21)22)12(20)17-5-11(19)23-6-8-4-13(8,15)16/h1-3,8H,4-6H2,(H,17,20)/t8-/m0/s1. The molecule has 23 heavy (non-hydrogen) atoms. The lowest BCUT2D eigenvalue weighted by atomic mass is 10.2. The number of nitro groups is 1. The van der Waals surface area contributed by atoms with Crippen LogP contribution in [0.4, 0.5) is 5.69 Å². The first kappa shape index (κ1) is 17.8. The van der Waals surface area contributed by atoms with Crippen molar-refractivity contribution in [1.82, 2.24) is 5.32 Å². The Morgan fingerprint density at radius 3 is 2.65 bits per heavy atom. The van der Waals surface area contributed by atoms with Gasteiger partial charge in [-0.05, 0) is 18.6 Å².